The van der Waals surface area contributed by atoms with Crippen LogP contribution >= 0.6 is 0 Å². The zero-order valence-electron chi connectivity index (χ0n) is 14.0. The van der Waals surface area contributed by atoms with E-state index in [0.717, 1.165) is 5.56 Å². The standard InChI is InChI=1S/C19H18N2O4S/c22-19(20-15-8-9-26(23,24)12-15)14-6-7-17-16(11-14)21-18(25-17)10-13-4-2-1-3-5-13/h1-7,11,15H,8-10,12H2,(H,20,22)/t15-/m1/s1. The molecule has 1 aliphatic heterocycles. The SMILES string of the molecule is O=C(N[C@@H]1CCS(=O)(=O)C1)c1ccc2oc(Cc3ccccc3)nc2c1. The van der Waals surface area contributed by atoms with Gasteiger partial charge >= 0.3 is 0 Å². The Hall–Kier alpha value is -2.67. The summed E-state index contributed by atoms with van der Waals surface area (Å²) < 4.78 is 28.8. The highest BCUT2D eigenvalue weighted by Crippen LogP contribution is 2.20. The molecule has 26 heavy (non-hydrogen) atoms. The maximum absolute atomic E-state index is 12.4. The van der Waals surface area contributed by atoms with E-state index in [1.165, 1.54) is 0 Å². The number of hydrogen-bond donors (Lipinski definition) is 1. The number of hydrogen-bond acceptors (Lipinski definition) is 5. The van der Waals surface area contributed by atoms with Gasteiger partial charge in [0.15, 0.2) is 21.3 Å². The lowest BCUT2D eigenvalue weighted by molar-refractivity contribution is 0.0941. The molecule has 1 aromatic heterocycles. The Morgan fingerprint density at radius 1 is 1.19 bits per heavy atom. The molecule has 0 spiro atoms. The lowest BCUT2D eigenvalue weighted by atomic mass is 10.1. The van der Waals surface area contributed by atoms with Crippen LogP contribution in [0.15, 0.2) is 52.9 Å². The summed E-state index contributed by atoms with van der Waals surface area (Å²) in [6.45, 7) is 0. The molecule has 0 saturated carbocycles. The van der Waals surface area contributed by atoms with Crippen molar-refractivity contribution in [1.29, 1.82) is 0 Å². The van der Waals surface area contributed by atoms with E-state index in [0.29, 0.717) is 35.4 Å². The fourth-order valence-electron chi connectivity index (χ4n) is 3.14. The van der Waals surface area contributed by atoms with Crippen molar-refractivity contribution >= 4 is 26.8 Å². The molecule has 1 aliphatic rings. The smallest absolute Gasteiger partial charge is 0.251 e. The molecule has 4 rings (SSSR count). The van der Waals surface area contributed by atoms with E-state index in [9.17, 15) is 13.2 Å². The van der Waals surface area contributed by atoms with Crippen molar-refractivity contribution < 1.29 is 17.6 Å². The number of sulfone groups is 1. The number of carbonyl (C=O) groups excluding carboxylic acids is 1. The van der Waals surface area contributed by atoms with E-state index in [1.807, 2.05) is 30.3 Å². The third-order valence-corrected chi connectivity index (χ3v) is 6.23. The quantitative estimate of drug-likeness (QED) is 0.761. The van der Waals surface area contributed by atoms with Crippen LogP contribution < -0.4 is 5.32 Å². The first-order chi connectivity index (χ1) is 12.5. The molecule has 7 heteroatoms. The summed E-state index contributed by atoms with van der Waals surface area (Å²) in [5.41, 5.74) is 2.78. The summed E-state index contributed by atoms with van der Waals surface area (Å²) in [5, 5.41) is 2.79. The van der Waals surface area contributed by atoms with Crippen molar-refractivity contribution in [2.45, 2.75) is 18.9 Å². The van der Waals surface area contributed by atoms with Gasteiger partial charge in [-0.1, -0.05) is 30.3 Å². The monoisotopic (exact) mass is 370 g/mol. The van der Waals surface area contributed by atoms with E-state index >= 15 is 0 Å². The number of rotatable bonds is 4. The zero-order valence-corrected chi connectivity index (χ0v) is 14.8. The van der Waals surface area contributed by atoms with Gasteiger partial charge in [0.05, 0.1) is 11.5 Å². The summed E-state index contributed by atoms with van der Waals surface area (Å²) >= 11 is 0. The van der Waals surface area contributed by atoms with E-state index in [-0.39, 0.29) is 23.5 Å². The lowest BCUT2D eigenvalue weighted by Gasteiger charge is -2.10. The van der Waals surface area contributed by atoms with Crippen LogP contribution in [-0.4, -0.2) is 36.9 Å². The highest BCUT2D eigenvalue weighted by Gasteiger charge is 2.29. The second-order valence-electron chi connectivity index (χ2n) is 6.53. The Morgan fingerprint density at radius 3 is 2.73 bits per heavy atom. The number of benzene rings is 2. The number of fused-ring (bicyclic) bond motifs is 1. The summed E-state index contributed by atoms with van der Waals surface area (Å²) in [6.07, 6.45) is 1.04. The number of aromatic nitrogens is 1. The molecular formula is C19H18N2O4S. The van der Waals surface area contributed by atoms with Crippen molar-refractivity contribution in [2.24, 2.45) is 0 Å². The largest absolute Gasteiger partial charge is 0.440 e. The average Bonchev–Trinajstić information content (AvgIpc) is 3.16. The van der Waals surface area contributed by atoms with Crippen LogP contribution in [0.25, 0.3) is 11.1 Å². The Labute approximate surface area is 151 Å². The van der Waals surface area contributed by atoms with Crippen LogP contribution in [0.1, 0.15) is 28.2 Å². The molecular weight excluding hydrogens is 352 g/mol. The molecule has 1 amide bonds. The molecule has 1 saturated heterocycles. The normalized spacial score (nSPS) is 18.8. The zero-order chi connectivity index (χ0) is 18.1. The molecule has 2 aromatic carbocycles. The molecule has 0 unspecified atom stereocenters. The Kier molecular flexibility index (Phi) is 4.24. The summed E-state index contributed by atoms with van der Waals surface area (Å²) in [6, 6.07) is 14.6. The molecule has 0 bridgehead atoms. The summed E-state index contributed by atoms with van der Waals surface area (Å²) in [7, 11) is -3.03. The molecule has 2 heterocycles. The number of nitrogens with zero attached hydrogens (tertiary/aromatic N) is 1. The first kappa shape index (κ1) is 16.8. The van der Waals surface area contributed by atoms with Gasteiger partial charge in [0, 0.05) is 18.0 Å². The maximum atomic E-state index is 12.4. The Balaban J connectivity index is 1.51. The van der Waals surface area contributed by atoms with Crippen molar-refractivity contribution in [3.8, 4) is 0 Å². The fraction of sp³-hybridized carbons (Fsp3) is 0.263. The van der Waals surface area contributed by atoms with Crippen LogP contribution in [0, 0.1) is 0 Å². The van der Waals surface area contributed by atoms with Gasteiger partial charge in [0.25, 0.3) is 5.91 Å². The summed E-state index contributed by atoms with van der Waals surface area (Å²) in [4.78, 5) is 16.9. The summed E-state index contributed by atoms with van der Waals surface area (Å²) in [5.74, 6) is 0.433. The van der Waals surface area contributed by atoms with Crippen molar-refractivity contribution in [3.63, 3.8) is 0 Å². The van der Waals surface area contributed by atoms with Crippen LogP contribution in [0.4, 0.5) is 0 Å². The van der Waals surface area contributed by atoms with Gasteiger partial charge in [-0.05, 0) is 30.2 Å². The predicted octanol–water partition coefficient (Wildman–Crippen LogP) is 2.34. The minimum Gasteiger partial charge on any atom is -0.440 e. The highest BCUT2D eigenvalue weighted by molar-refractivity contribution is 7.91. The number of nitrogens with one attached hydrogen (secondary N) is 1. The second-order valence-corrected chi connectivity index (χ2v) is 8.75. The van der Waals surface area contributed by atoms with Crippen molar-refractivity contribution in [3.05, 3.63) is 65.5 Å². The molecule has 0 radical (unpaired) electrons. The number of oxazole rings is 1. The van der Waals surface area contributed by atoms with Gasteiger partial charge in [-0.2, -0.15) is 0 Å². The topological polar surface area (TPSA) is 89.3 Å². The van der Waals surface area contributed by atoms with Gasteiger partial charge in [-0.15, -0.1) is 0 Å². The molecule has 1 fully saturated rings. The van der Waals surface area contributed by atoms with Crippen LogP contribution in [0.3, 0.4) is 0 Å². The Bertz CT molecular complexity index is 1060. The van der Waals surface area contributed by atoms with Gasteiger partial charge in [-0.3, -0.25) is 4.79 Å². The van der Waals surface area contributed by atoms with E-state index in [2.05, 4.69) is 10.3 Å². The molecule has 0 aliphatic carbocycles. The van der Waals surface area contributed by atoms with Gasteiger partial charge < -0.3 is 9.73 Å². The fourth-order valence-corrected chi connectivity index (χ4v) is 4.81. The number of amides is 1. The maximum Gasteiger partial charge on any atom is 0.251 e. The second kappa shape index (κ2) is 6.57. The first-order valence-corrected chi connectivity index (χ1v) is 10.3. The van der Waals surface area contributed by atoms with Gasteiger partial charge in [-0.25, -0.2) is 13.4 Å². The predicted molar refractivity (Wildman–Crippen MR) is 97.8 cm³/mol. The molecule has 3 aromatic rings. The van der Waals surface area contributed by atoms with Crippen LogP contribution in [0.2, 0.25) is 0 Å². The third kappa shape index (κ3) is 3.62. The van der Waals surface area contributed by atoms with E-state index in [4.69, 9.17) is 4.42 Å². The van der Waals surface area contributed by atoms with Gasteiger partial charge in [0.2, 0.25) is 0 Å². The minimum absolute atomic E-state index is 0.00612. The van der Waals surface area contributed by atoms with Crippen molar-refractivity contribution in [2.75, 3.05) is 11.5 Å². The minimum atomic E-state index is -3.03. The molecule has 1 N–H and O–H groups in total. The molecule has 1 atom stereocenters. The van der Waals surface area contributed by atoms with E-state index in [1.54, 1.807) is 18.2 Å². The Morgan fingerprint density at radius 2 is 2.00 bits per heavy atom. The average molecular weight is 370 g/mol. The molecule has 6 nitrogen and oxygen atoms in total. The number of carbonyl (C=O) groups is 1. The van der Waals surface area contributed by atoms with Crippen molar-refractivity contribution in [1.82, 2.24) is 10.3 Å². The van der Waals surface area contributed by atoms with E-state index < -0.39 is 9.84 Å². The highest BCUT2D eigenvalue weighted by atomic mass is 32.2. The van der Waals surface area contributed by atoms with Gasteiger partial charge in [0.1, 0.15) is 5.52 Å². The third-order valence-electron chi connectivity index (χ3n) is 4.46. The van der Waals surface area contributed by atoms with Crippen LogP contribution in [0.5, 0.6) is 0 Å². The van der Waals surface area contributed by atoms with Crippen LogP contribution in [-0.2, 0) is 16.3 Å². The lowest BCUT2D eigenvalue weighted by Crippen LogP contribution is -2.35. The molecule has 134 valence electrons. The first-order valence-electron chi connectivity index (χ1n) is 8.43.